The highest BCUT2D eigenvalue weighted by Gasteiger charge is 2.31. The fourth-order valence-electron chi connectivity index (χ4n) is 2.34. The van der Waals surface area contributed by atoms with Crippen molar-refractivity contribution in [2.45, 2.75) is 33.1 Å². The third kappa shape index (κ3) is 3.57. The molecular weight excluding hydrogens is 341 g/mol. The summed E-state index contributed by atoms with van der Waals surface area (Å²) < 4.78 is 15.0. The fourth-order valence-corrected chi connectivity index (χ4v) is 5.11. The van der Waals surface area contributed by atoms with Gasteiger partial charge in [-0.15, -0.1) is 11.3 Å². The second-order valence-electron chi connectivity index (χ2n) is 7.12. The summed E-state index contributed by atoms with van der Waals surface area (Å²) in [6.45, 7) is 9.78. The van der Waals surface area contributed by atoms with E-state index in [1.54, 1.807) is 18.4 Å². The molecule has 0 spiro atoms. The Bertz CT molecular complexity index is 803. The molecule has 1 atom stereocenters. The zero-order valence-corrected chi connectivity index (χ0v) is 16.7. The summed E-state index contributed by atoms with van der Waals surface area (Å²) >= 11 is 1.25. The van der Waals surface area contributed by atoms with Crippen LogP contribution >= 0.6 is 18.6 Å². The molecule has 0 saturated heterocycles. The second kappa shape index (κ2) is 6.38. The third-order valence-electron chi connectivity index (χ3n) is 4.08. The van der Waals surface area contributed by atoms with E-state index in [1.165, 1.54) is 11.3 Å². The van der Waals surface area contributed by atoms with Gasteiger partial charge in [0.05, 0.1) is 5.69 Å². The minimum absolute atomic E-state index is 0.157. The Labute approximate surface area is 147 Å². The van der Waals surface area contributed by atoms with E-state index in [0.717, 1.165) is 15.7 Å². The van der Waals surface area contributed by atoms with Crippen LogP contribution in [0.2, 0.25) is 0 Å². The molecule has 1 aromatic carbocycles. The maximum absolute atomic E-state index is 13.4. The molecular formula is C18H24NO3PS. The number of hydrogen-bond acceptors (Lipinski definition) is 3. The van der Waals surface area contributed by atoms with Gasteiger partial charge in [-0.1, -0.05) is 38.5 Å². The average molecular weight is 365 g/mol. The third-order valence-corrected chi connectivity index (χ3v) is 8.23. The summed E-state index contributed by atoms with van der Waals surface area (Å²) in [4.78, 5) is 12.9. The highest BCUT2D eigenvalue weighted by molar-refractivity contribution is 7.72. The summed E-state index contributed by atoms with van der Waals surface area (Å²) in [5.74, 6) is -0.985. The number of carboxylic acids is 1. The van der Waals surface area contributed by atoms with Crippen LogP contribution in [0.15, 0.2) is 30.3 Å². The van der Waals surface area contributed by atoms with Crippen molar-refractivity contribution in [2.75, 3.05) is 18.4 Å². The van der Waals surface area contributed by atoms with Crippen molar-refractivity contribution in [1.82, 2.24) is 0 Å². The average Bonchev–Trinajstić information content (AvgIpc) is 2.92. The van der Waals surface area contributed by atoms with E-state index in [-0.39, 0.29) is 10.3 Å². The van der Waals surface area contributed by atoms with E-state index >= 15 is 0 Å². The summed E-state index contributed by atoms with van der Waals surface area (Å²) in [7, 11) is -1.20. The van der Waals surface area contributed by atoms with Crippen molar-refractivity contribution in [3.05, 3.63) is 45.6 Å². The van der Waals surface area contributed by atoms with Crippen LogP contribution in [0.5, 0.6) is 0 Å². The van der Waals surface area contributed by atoms with E-state index in [9.17, 15) is 14.5 Å². The lowest BCUT2D eigenvalue weighted by molar-refractivity contribution is 0.0703. The molecule has 1 N–H and O–H groups in total. The predicted octanol–water partition coefficient (Wildman–Crippen LogP) is 4.72. The Balaban J connectivity index is 2.53. The SMILES string of the molecule is Cc1ccc(P(C)(=O)N(C)c2cc(C(C)(C)C)sc2C(=O)O)cc1. The van der Waals surface area contributed by atoms with E-state index in [4.69, 9.17) is 0 Å². The van der Waals surface area contributed by atoms with Gasteiger partial charge >= 0.3 is 5.97 Å². The highest BCUT2D eigenvalue weighted by Crippen LogP contribution is 2.49. The number of carbonyl (C=O) groups is 1. The van der Waals surface area contributed by atoms with E-state index in [2.05, 4.69) is 0 Å². The standard InChI is InChI=1S/C18H24NO3PS/c1-12-7-9-13(10-8-12)23(6,22)19(5)14-11-15(18(2,3)4)24-16(14)17(20)21/h7-11H,1-6H3,(H,20,21). The number of anilines is 1. The molecule has 0 amide bonds. The Morgan fingerprint density at radius 3 is 2.21 bits per heavy atom. The van der Waals surface area contributed by atoms with Gasteiger partial charge < -0.3 is 9.78 Å². The van der Waals surface area contributed by atoms with Crippen LogP contribution in [-0.2, 0) is 9.98 Å². The first kappa shape index (κ1) is 18.8. The molecule has 0 aliphatic rings. The quantitative estimate of drug-likeness (QED) is 0.797. The summed E-state index contributed by atoms with van der Waals surface area (Å²) in [5.41, 5.74) is 1.46. The zero-order chi connectivity index (χ0) is 18.3. The first-order chi connectivity index (χ1) is 10.9. The Morgan fingerprint density at radius 2 is 1.75 bits per heavy atom. The van der Waals surface area contributed by atoms with Crippen molar-refractivity contribution < 1.29 is 14.5 Å². The molecule has 1 heterocycles. The summed E-state index contributed by atoms with van der Waals surface area (Å²) in [6, 6.07) is 9.41. The van der Waals surface area contributed by atoms with Crippen molar-refractivity contribution in [3.63, 3.8) is 0 Å². The lowest BCUT2D eigenvalue weighted by Crippen LogP contribution is -2.22. The van der Waals surface area contributed by atoms with E-state index < -0.39 is 13.3 Å². The second-order valence-corrected chi connectivity index (χ2v) is 11.0. The van der Waals surface area contributed by atoms with Gasteiger partial charge in [-0.25, -0.2) is 4.79 Å². The fraction of sp³-hybridized carbons (Fsp3) is 0.389. The molecule has 0 aliphatic carbocycles. The Kier molecular flexibility index (Phi) is 4.98. The molecule has 0 aliphatic heterocycles. The van der Waals surface area contributed by atoms with Gasteiger partial charge in [0.2, 0.25) is 0 Å². The van der Waals surface area contributed by atoms with Crippen molar-refractivity contribution in [1.29, 1.82) is 0 Å². The predicted molar refractivity (Wildman–Crippen MR) is 103 cm³/mol. The van der Waals surface area contributed by atoms with Crippen molar-refractivity contribution in [2.24, 2.45) is 0 Å². The first-order valence-electron chi connectivity index (χ1n) is 7.71. The maximum atomic E-state index is 13.4. The minimum atomic E-state index is -2.91. The van der Waals surface area contributed by atoms with Gasteiger partial charge in [-0.2, -0.15) is 0 Å². The molecule has 0 fully saturated rings. The molecule has 0 radical (unpaired) electrons. The van der Waals surface area contributed by atoms with Crippen LogP contribution < -0.4 is 9.97 Å². The largest absolute Gasteiger partial charge is 0.477 e. The number of carboxylic acid groups (broad SMARTS) is 1. The number of aryl methyl sites for hydroxylation is 1. The van der Waals surface area contributed by atoms with E-state index in [0.29, 0.717) is 5.69 Å². The smallest absolute Gasteiger partial charge is 0.348 e. The number of thiophene rings is 1. The zero-order valence-electron chi connectivity index (χ0n) is 15.0. The number of aromatic carboxylic acids is 1. The van der Waals surface area contributed by atoms with Crippen molar-refractivity contribution in [3.8, 4) is 0 Å². The maximum Gasteiger partial charge on any atom is 0.348 e. The van der Waals surface area contributed by atoms with E-state index in [1.807, 2.05) is 58.0 Å². The normalized spacial score (nSPS) is 14.2. The van der Waals surface area contributed by atoms with Crippen molar-refractivity contribution >= 4 is 35.6 Å². The molecule has 0 saturated carbocycles. The first-order valence-corrected chi connectivity index (χ1v) is 10.6. The van der Waals surface area contributed by atoms with Gasteiger partial charge in [0, 0.05) is 23.9 Å². The molecule has 2 rings (SSSR count). The van der Waals surface area contributed by atoms with Crippen LogP contribution in [0.3, 0.4) is 0 Å². The molecule has 6 heteroatoms. The monoisotopic (exact) mass is 365 g/mol. The van der Waals surface area contributed by atoms with Crippen LogP contribution in [0.1, 0.15) is 40.9 Å². The van der Waals surface area contributed by atoms with Crippen LogP contribution in [0.4, 0.5) is 5.69 Å². The lowest BCUT2D eigenvalue weighted by atomic mass is 9.94. The Morgan fingerprint density at radius 1 is 1.21 bits per heavy atom. The summed E-state index contributed by atoms with van der Waals surface area (Å²) in [6.07, 6.45) is 0. The van der Waals surface area contributed by atoms with Gasteiger partial charge in [0.15, 0.2) is 7.29 Å². The van der Waals surface area contributed by atoms with Gasteiger partial charge in [-0.3, -0.25) is 4.57 Å². The molecule has 130 valence electrons. The van der Waals surface area contributed by atoms with Crippen LogP contribution in [0.25, 0.3) is 0 Å². The lowest BCUT2D eigenvalue weighted by Gasteiger charge is -2.27. The molecule has 2 aromatic rings. The molecule has 4 nitrogen and oxygen atoms in total. The Hall–Kier alpha value is -1.58. The number of benzene rings is 1. The number of hydrogen-bond donors (Lipinski definition) is 1. The molecule has 1 aromatic heterocycles. The summed E-state index contributed by atoms with van der Waals surface area (Å²) in [5, 5.41) is 10.3. The minimum Gasteiger partial charge on any atom is -0.477 e. The molecule has 24 heavy (non-hydrogen) atoms. The van der Waals surface area contributed by atoms with Gasteiger partial charge in [-0.05, 0) is 30.5 Å². The van der Waals surface area contributed by atoms with Crippen LogP contribution in [-0.4, -0.2) is 24.8 Å². The number of rotatable bonds is 4. The topological polar surface area (TPSA) is 57.6 Å². The molecule has 0 bridgehead atoms. The van der Waals surface area contributed by atoms with Crippen LogP contribution in [0, 0.1) is 6.92 Å². The molecule has 1 unspecified atom stereocenters. The number of nitrogens with zero attached hydrogens (tertiary/aromatic N) is 1. The van der Waals surface area contributed by atoms with Gasteiger partial charge in [0.25, 0.3) is 0 Å². The van der Waals surface area contributed by atoms with Gasteiger partial charge in [0.1, 0.15) is 4.88 Å². The highest BCUT2D eigenvalue weighted by atomic mass is 32.1.